The van der Waals surface area contributed by atoms with Gasteiger partial charge in [0.05, 0.1) is 18.3 Å². The SMILES string of the molecule is CC(C)(C)[Si](C)(C)OC1CC[C@@H]2O[C@]2(C(O)c2ccccc2)CCC1O[Si](C)(C)C(C)(C)C. The lowest BCUT2D eigenvalue weighted by Crippen LogP contribution is -2.52. The highest BCUT2D eigenvalue weighted by atomic mass is 28.4. The van der Waals surface area contributed by atoms with Crippen LogP contribution in [0.25, 0.3) is 0 Å². The fourth-order valence-corrected chi connectivity index (χ4v) is 7.24. The van der Waals surface area contributed by atoms with E-state index in [-0.39, 0.29) is 28.4 Å². The van der Waals surface area contributed by atoms with Gasteiger partial charge < -0.3 is 18.7 Å². The molecular formula is C27H48O4Si2. The molecule has 1 heterocycles. The summed E-state index contributed by atoms with van der Waals surface area (Å²) >= 11 is 0. The lowest BCUT2D eigenvalue weighted by Gasteiger charge is -2.46. The van der Waals surface area contributed by atoms with Crippen LogP contribution in [0, 0.1) is 0 Å². The summed E-state index contributed by atoms with van der Waals surface area (Å²) in [5.41, 5.74) is 0.453. The minimum atomic E-state index is -1.99. The van der Waals surface area contributed by atoms with Crippen molar-refractivity contribution in [2.45, 2.75) is 134 Å². The first-order valence-corrected chi connectivity index (χ1v) is 18.6. The van der Waals surface area contributed by atoms with Crippen molar-refractivity contribution in [2.24, 2.45) is 0 Å². The van der Waals surface area contributed by atoms with Gasteiger partial charge in [0.25, 0.3) is 0 Å². The summed E-state index contributed by atoms with van der Waals surface area (Å²) < 4.78 is 20.4. The van der Waals surface area contributed by atoms with Gasteiger partial charge in [0, 0.05) is 0 Å². The number of aliphatic hydroxyl groups excluding tert-OH is 1. The quantitative estimate of drug-likeness (QED) is 0.336. The molecule has 2 fully saturated rings. The fourth-order valence-electron chi connectivity index (χ4n) is 4.48. The Morgan fingerprint density at radius 3 is 1.82 bits per heavy atom. The summed E-state index contributed by atoms with van der Waals surface area (Å²) in [6.07, 6.45) is 3.07. The molecule has 1 aromatic rings. The number of rotatable bonds is 6. The Labute approximate surface area is 204 Å². The van der Waals surface area contributed by atoms with E-state index in [0.29, 0.717) is 0 Å². The van der Waals surface area contributed by atoms with Crippen LogP contribution in [-0.4, -0.2) is 45.7 Å². The monoisotopic (exact) mass is 492 g/mol. The van der Waals surface area contributed by atoms with Crippen molar-refractivity contribution in [3.8, 4) is 0 Å². The van der Waals surface area contributed by atoms with Gasteiger partial charge in [-0.05, 0) is 67.5 Å². The van der Waals surface area contributed by atoms with Crippen LogP contribution in [0.5, 0.6) is 0 Å². The molecule has 0 amide bonds. The molecule has 1 saturated heterocycles. The lowest BCUT2D eigenvalue weighted by molar-refractivity contribution is 0.00571. The van der Waals surface area contributed by atoms with E-state index in [9.17, 15) is 5.11 Å². The zero-order valence-electron chi connectivity index (χ0n) is 22.7. The van der Waals surface area contributed by atoms with Gasteiger partial charge in [-0.25, -0.2) is 0 Å². The van der Waals surface area contributed by atoms with E-state index in [0.717, 1.165) is 31.2 Å². The molecule has 4 nitrogen and oxygen atoms in total. The Bertz CT molecular complexity index is 797. The molecule has 0 spiro atoms. The number of fused-ring (bicyclic) bond motifs is 1. The molecular weight excluding hydrogens is 444 g/mol. The first-order chi connectivity index (χ1) is 15.0. The number of aliphatic hydroxyl groups is 1. The van der Waals surface area contributed by atoms with Crippen LogP contribution in [0.4, 0.5) is 0 Å². The second-order valence-corrected chi connectivity index (χ2v) is 22.8. The van der Waals surface area contributed by atoms with Gasteiger partial charge >= 0.3 is 0 Å². The molecule has 188 valence electrons. The van der Waals surface area contributed by atoms with Gasteiger partial charge in [0.15, 0.2) is 16.6 Å². The minimum absolute atomic E-state index is 0.0324. The summed E-state index contributed by atoms with van der Waals surface area (Å²) in [5, 5.41) is 11.6. The van der Waals surface area contributed by atoms with Crippen molar-refractivity contribution in [2.75, 3.05) is 0 Å². The third-order valence-corrected chi connectivity index (χ3v) is 17.9. The van der Waals surface area contributed by atoms with Crippen LogP contribution >= 0.6 is 0 Å². The normalized spacial score (nSPS) is 30.2. The van der Waals surface area contributed by atoms with E-state index in [4.69, 9.17) is 13.6 Å². The number of benzene rings is 1. The molecule has 1 aliphatic carbocycles. The summed E-state index contributed by atoms with van der Waals surface area (Å²) in [5.74, 6) is 0. The van der Waals surface area contributed by atoms with Gasteiger partial charge in [0.2, 0.25) is 0 Å². The predicted molar refractivity (Wildman–Crippen MR) is 142 cm³/mol. The molecule has 3 rings (SSSR count). The summed E-state index contributed by atoms with van der Waals surface area (Å²) in [6, 6.07) is 9.97. The Kier molecular flexibility index (Phi) is 7.53. The Balaban J connectivity index is 1.86. The standard InChI is InChI=1S/C27H48O4Si2/c1-25(2,3)32(7,8)30-21-16-17-23-27(29-23,24(28)20-14-12-11-13-15-20)19-18-22(21)31-33(9,10)26(4,5)6/h11-15,21-24,28H,16-19H2,1-10H3/t21?,22?,23-,24?,27+/m0/s1. The maximum Gasteiger partial charge on any atom is 0.192 e. The van der Waals surface area contributed by atoms with Crippen LogP contribution in [0.1, 0.15) is 78.9 Å². The third kappa shape index (κ3) is 5.67. The second-order valence-electron chi connectivity index (χ2n) is 13.3. The minimum Gasteiger partial charge on any atom is -0.411 e. The van der Waals surface area contributed by atoms with Crippen molar-refractivity contribution in [1.82, 2.24) is 0 Å². The summed E-state index contributed by atoms with van der Waals surface area (Å²) in [7, 11) is -3.94. The maximum atomic E-state index is 11.3. The molecule has 1 aliphatic heterocycles. The van der Waals surface area contributed by atoms with Crippen molar-refractivity contribution >= 4 is 16.6 Å². The highest BCUT2D eigenvalue weighted by Crippen LogP contribution is 2.54. The van der Waals surface area contributed by atoms with Crippen molar-refractivity contribution in [1.29, 1.82) is 0 Å². The zero-order chi connectivity index (χ0) is 24.9. The average molecular weight is 493 g/mol. The number of ether oxygens (including phenoxy) is 1. The molecule has 1 N–H and O–H groups in total. The first kappa shape index (κ1) is 27.1. The zero-order valence-corrected chi connectivity index (χ0v) is 24.7. The average Bonchev–Trinajstić information content (AvgIpc) is 3.39. The van der Waals surface area contributed by atoms with E-state index >= 15 is 0 Å². The smallest absolute Gasteiger partial charge is 0.192 e. The largest absolute Gasteiger partial charge is 0.411 e. The van der Waals surface area contributed by atoms with E-state index in [1.807, 2.05) is 30.3 Å². The third-order valence-electron chi connectivity index (χ3n) is 8.88. The van der Waals surface area contributed by atoms with Gasteiger partial charge in [-0.3, -0.25) is 0 Å². The summed E-state index contributed by atoms with van der Waals surface area (Å²) in [4.78, 5) is 0. The van der Waals surface area contributed by atoms with Crippen molar-refractivity contribution in [3.05, 3.63) is 35.9 Å². The highest BCUT2D eigenvalue weighted by molar-refractivity contribution is 6.74. The molecule has 0 radical (unpaired) electrons. The van der Waals surface area contributed by atoms with E-state index in [1.54, 1.807) is 0 Å². The van der Waals surface area contributed by atoms with Crippen LogP contribution < -0.4 is 0 Å². The Morgan fingerprint density at radius 1 is 0.848 bits per heavy atom. The number of hydrogen-bond donors (Lipinski definition) is 1. The van der Waals surface area contributed by atoms with Gasteiger partial charge in [0.1, 0.15) is 11.7 Å². The lowest BCUT2D eigenvalue weighted by atomic mass is 9.83. The molecule has 2 aliphatic rings. The van der Waals surface area contributed by atoms with Crippen LogP contribution in [-0.2, 0) is 13.6 Å². The van der Waals surface area contributed by atoms with Gasteiger partial charge in [-0.15, -0.1) is 0 Å². The van der Waals surface area contributed by atoms with Crippen molar-refractivity contribution < 1.29 is 18.7 Å². The Morgan fingerprint density at radius 2 is 1.33 bits per heavy atom. The predicted octanol–water partition coefficient (Wildman–Crippen LogP) is 7.21. The molecule has 0 bridgehead atoms. The van der Waals surface area contributed by atoms with Gasteiger partial charge in [-0.2, -0.15) is 0 Å². The summed E-state index contributed by atoms with van der Waals surface area (Å²) in [6.45, 7) is 23.1. The molecule has 3 unspecified atom stereocenters. The van der Waals surface area contributed by atoms with Crippen LogP contribution in [0.15, 0.2) is 30.3 Å². The molecule has 33 heavy (non-hydrogen) atoms. The fraction of sp³-hybridized carbons (Fsp3) is 0.778. The van der Waals surface area contributed by atoms with E-state index in [1.165, 1.54) is 0 Å². The highest BCUT2D eigenvalue weighted by Gasteiger charge is 2.62. The molecule has 6 heteroatoms. The number of hydrogen-bond acceptors (Lipinski definition) is 4. The van der Waals surface area contributed by atoms with Crippen LogP contribution in [0.3, 0.4) is 0 Å². The Hall–Kier alpha value is -0.506. The number of epoxide rings is 1. The van der Waals surface area contributed by atoms with E-state index in [2.05, 4.69) is 67.7 Å². The van der Waals surface area contributed by atoms with Gasteiger partial charge in [-0.1, -0.05) is 71.9 Å². The molecule has 5 atom stereocenters. The maximum absolute atomic E-state index is 11.3. The van der Waals surface area contributed by atoms with E-state index < -0.39 is 28.3 Å². The molecule has 0 aromatic heterocycles. The van der Waals surface area contributed by atoms with Crippen molar-refractivity contribution in [3.63, 3.8) is 0 Å². The topological polar surface area (TPSA) is 51.2 Å². The molecule has 1 aromatic carbocycles. The first-order valence-electron chi connectivity index (χ1n) is 12.8. The molecule has 1 saturated carbocycles. The second kappa shape index (κ2) is 9.18. The van der Waals surface area contributed by atoms with Crippen LogP contribution in [0.2, 0.25) is 36.3 Å².